The molecule has 0 amide bonds. The summed E-state index contributed by atoms with van der Waals surface area (Å²) in [5, 5.41) is 0. The van der Waals surface area contributed by atoms with Crippen LogP contribution < -0.4 is 0 Å². The summed E-state index contributed by atoms with van der Waals surface area (Å²) >= 11 is 0. The van der Waals surface area contributed by atoms with Crippen molar-refractivity contribution in [3.8, 4) is 0 Å². The quantitative estimate of drug-likeness (QED) is 0.208. The molecule has 0 aromatic carbocycles. The average molecular weight is 750 g/mol. The Morgan fingerprint density at radius 2 is 1.60 bits per heavy atom. The first kappa shape index (κ1) is 42.7. The standard InChI is InChI=1S/C42H71NO10/c1-11-28-14-13-15-35(53-37-19-18-34(43(7)8)26(5)50-37)25(4)38(45)33-22-31-29(24(3)16-17-30(31)32(33)23-36(44)52-28)20-21-49-42-41(47-10)40(48-12-2)39(46-9)27(6)51-42/h22,24-32,34-35,37,39-42H,11-21,23H2,1-10H3/t24-,25+,26+,27-,28-,29+,30+,31-,32-,34-,35-,37-,39-,40+,41+,42+/m0/s1. The number of methoxy groups -OCH3 is 2. The van der Waals surface area contributed by atoms with E-state index in [0.717, 1.165) is 56.9 Å². The number of Topliss-reactive ketones (excluding diaryl/α,β-unsaturated/α-hetero) is 1. The molecule has 304 valence electrons. The maximum absolute atomic E-state index is 14.7. The van der Waals surface area contributed by atoms with Crippen LogP contribution in [0.2, 0.25) is 0 Å². The SMILES string of the molecule is CCO[C@@H]1[C@@H](OC)[C@H](C)O[C@@H](OCC[C@H]2[C@@H]3C=C4C(=O)[C@H](C)[C@@H](O[C@H]5CC[C@H](N(C)C)[C@@H](C)O5)CCC[C@H](CC)OC(=O)C[C@H]4[C@@H]3CC[C@@H]2C)[C@@H]1OC. The van der Waals surface area contributed by atoms with Crippen LogP contribution in [-0.4, -0.2) is 120 Å². The third-order valence-electron chi connectivity index (χ3n) is 13.3. The Hall–Kier alpha value is -1.44. The van der Waals surface area contributed by atoms with E-state index < -0.39 is 12.4 Å². The maximum Gasteiger partial charge on any atom is 0.306 e. The van der Waals surface area contributed by atoms with Crippen molar-refractivity contribution in [3.63, 3.8) is 0 Å². The van der Waals surface area contributed by atoms with Gasteiger partial charge in [0.15, 0.2) is 18.4 Å². The molecule has 11 heteroatoms. The van der Waals surface area contributed by atoms with Gasteiger partial charge in [0.25, 0.3) is 0 Å². The highest BCUT2D eigenvalue weighted by Gasteiger charge is 2.50. The van der Waals surface area contributed by atoms with Crippen molar-refractivity contribution in [1.82, 2.24) is 4.90 Å². The molecule has 0 N–H and O–H groups in total. The van der Waals surface area contributed by atoms with Gasteiger partial charge in [-0.15, -0.1) is 0 Å². The summed E-state index contributed by atoms with van der Waals surface area (Å²) in [6.45, 7) is 13.5. The number of carbonyl (C=O) groups excluding carboxylic acids is 2. The molecule has 5 aliphatic rings. The van der Waals surface area contributed by atoms with Gasteiger partial charge in [0.05, 0.1) is 31.3 Å². The number of allylic oxidation sites excluding steroid dienone is 2. The van der Waals surface area contributed by atoms with Crippen molar-refractivity contribution in [2.24, 2.45) is 35.5 Å². The summed E-state index contributed by atoms with van der Waals surface area (Å²) in [7, 11) is 7.51. The molecule has 3 heterocycles. The molecular weight excluding hydrogens is 678 g/mol. The van der Waals surface area contributed by atoms with Gasteiger partial charge in [-0.2, -0.15) is 0 Å². The Balaban J connectivity index is 1.34. The first-order valence-corrected chi connectivity index (χ1v) is 20.8. The average Bonchev–Trinajstić information content (AvgIpc) is 3.48. The van der Waals surface area contributed by atoms with Gasteiger partial charge in [-0.05, 0) is 115 Å². The predicted molar refractivity (Wildman–Crippen MR) is 201 cm³/mol. The van der Waals surface area contributed by atoms with Crippen LogP contribution in [0.1, 0.15) is 106 Å². The van der Waals surface area contributed by atoms with E-state index in [2.05, 4.69) is 45.8 Å². The maximum atomic E-state index is 14.7. The summed E-state index contributed by atoms with van der Waals surface area (Å²) in [6.07, 6.45) is 7.62. The molecule has 0 spiro atoms. The zero-order valence-electron chi connectivity index (χ0n) is 34.3. The number of hydrogen-bond acceptors (Lipinski definition) is 11. The van der Waals surface area contributed by atoms with E-state index in [4.69, 9.17) is 37.9 Å². The van der Waals surface area contributed by atoms with Crippen molar-refractivity contribution in [2.45, 2.75) is 167 Å². The third-order valence-corrected chi connectivity index (χ3v) is 13.3. The molecule has 1 saturated carbocycles. The van der Waals surface area contributed by atoms with Gasteiger partial charge in [0, 0.05) is 38.7 Å². The van der Waals surface area contributed by atoms with E-state index >= 15 is 0 Å². The van der Waals surface area contributed by atoms with Crippen LogP contribution in [0, 0.1) is 35.5 Å². The highest BCUT2D eigenvalue weighted by Crippen LogP contribution is 2.53. The Kier molecular flexibility index (Phi) is 15.8. The topological polar surface area (TPSA) is 111 Å². The fourth-order valence-electron chi connectivity index (χ4n) is 10.3. The van der Waals surface area contributed by atoms with Crippen LogP contribution in [0.4, 0.5) is 0 Å². The zero-order chi connectivity index (χ0) is 38.4. The molecule has 0 aromatic rings. The van der Waals surface area contributed by atoms with E-state index in [-0.39, 0.29) is 90.7 Å². The molecule has 3 aliphatic heterocycles. The lowest BCUT2D eigenvalue weighted by molar-refractivity contribution is -0.308. The molecule has 4 fully saturated rings. The molecular formula is C42H71NO10. The summed E-state index contributed by atoms with van der Waals surface area (Å²) in [5.41, 5.74) is 0.798. The summed E-state index contributed by atoms with van der Waals surface area (Å²) in [5.74, 6) is 0.496. The van der Waals surface area contributed by atoms with Crippen LogP contribution in [0.3, 0.4) is 0 Å². The number of ketones is 1. The van der Waals surface area contributed by atoms with Crippen LogP contribution >= 0.6 is 0 Å². The minimum absolute atomic E-state index is 0.0414. The van der Waals surface area contributed by atoms with E-state index in [0.29, 0.717) is 31.6 Å². The zero-order valence-corrected chi connectivity index (χ0v) is 34.3. The minimum atomic E-state index is -0.588. The fraction of sp³-hybridized carbons (Fsp3) is 0.905. The van der Waals surface area contributed by atoms with E-state index in [1.54, 1.807) is 14.2 Å². The Labute approximate surface area is 319 Å². The highest BCUT2D eigenvalue weighted by atomic mass is 16.7. The molecule has 16 atom stereocenters. The Bertz CT molecular complexity index is 1210. The van der Waals surface area contributed by atoms with Crippen molar-refractivity contribution in [1.29, 1.82) is 0 Å². The lowest BCUT2D eigenvalue weighted by Crippen LogP contribution is -2.59. The van der Waals surface area contributed by atoms with Crippen molar-refractivity contribution in [3.05, 3.63) is 11.6 Å². The monoisotopic (exact) mass is 750 g/mol. The first-order chi connectivity index (χ1) is 25.4. The number of fused-ring (bicyclic) bond motifs is 3. The molecule has 0 radical (unpaired) electrons. The Morgan fingerprint density at radius 1 is 0.849 bits per heavy atom. The van der Waals surface area contributed by atoms with Gasteiger partial charge in [-0.25, -0.2) is 0 Å². The third kappa shape index (κ3) is 9.93. The van der Waals surface area contributed by atoms with Crippen LogP contribution in [0.5, 0.6) is 0 Å². The van der Waals surface area contributed by atoms with Crippen LogP contribution in [0.15, 0.2) is 11.6 Å². The van der Waals surface area contributed by atoms with Crippen LogP contribution in [-0.2, 0) is 47.5 Å². The summed E-state index contributed by atoms with van der Waals surface area (Å²) in [4.78, 5) is 30.4. The van der Waals surface area contributed by atoms with Crippen LogP contribution in [0.25, 0.3) is 0 Å². The highest BCUT2D eigenvalue weighted by molar-refractivity contribution is 5.99. The number of ether oxygens (including phenoxy) is 8. The molecule has 2 aliphatic carbocycles. The second kappa shape index (κ2) is 19.6. The van der Waals surface area contributed by atoms with Gasteiger partial charge in [0.1, 0.15) is 24.4 Å². The lowest BCUT2D eigenvalue weighted by Gasteiger charge is -2.44. The lowest BCUT2D eigenvalue weighted by atomic mass is 9.65. The fourth-order valence-corrected chi connectivity index (χ4v) is 10.3. The van der Waals surface area contributed by atoms with Gasteiger partial charge >= 0.3 is 5.97 Å². The van der Waals surface area contributed by atoms with Gasteiger partial charge in [0.2, 0.25) is 0 Å². The second-order valence-electron chi connectivity index (χ2n) is 16.7. The normalized spacial score (nSPS) is 43.0. The van der Waals surface area contributed by atoms with E-state index in [1.807, 2.05) is 20.8 Å². The van der Waals surface area contributed by atoms with Crippen molar-refractivity contribution >= 4 is 11.8 Å². The largest absolute Gasteiger partial charge is 0.462 e. The molecule has 3 saturated heterocycles. The first-order valence-electron chi connectivity index (χ1n) is 20.8. The smallest absolute Gasteiger partial charge is 0.306 e. The number of carbonyl (C=O) groups is 2. The number of likely N-dealkylation sites (N-methyl/N-ethyl adjacent to an activating group) is 1. The molecule has 11 nitrogen and oxygen atoms in total. The molecule has 0 unspecified atom stereocenters. The number of hydrogen-bond donors (Lipinski definition) is 0. The van der Waals surface area contributed by atoms with Gasteiger partial charge in [-0.1, -0.05) is 33.3 Å². The van der Waals surface area contributed by atoms with E-state index in [1.165, 1.54) is 0 Å². The Morgan fingerprint density at radius 3 is 2.26 bits per heavy atom. The predicted octanol–water partition coefficient (Wildman–Crippen LogP) is 6.35. The summed E-state index contributed by atoms with van der Waals surface area (Å²) < 4.78 is 49.6. The van der Waals surface area contributed by atoms with Crippen molar-refractivity contribution in [2.75, 3.05) is 41.5 Å². The second-order valence-corrected chi connectivity index (χ2v) is 16.7. The number of nitrogens with zero attached hydrogens (tertiary/aromatic N) is 1. The number of esters is 1. The minimum Gasteiger partial charge on any atom is -0.462 e. The number of rotatable bonds is 12. The molecule has 0 aromatic heterocycles. The van der Waals surface area contributed by atoms with Gasteiger partial charge < -0.3 is 42.8 Å². The van der Waals surface area contributed by atoms with Gasteiger partial charge in [-0.3, -0.25) is 9.59 Å². The van der Waals surface area contributed by atoms with E-state index in [9.17, 15) is 9.59 Å². The summed E-state index contributed by atoms with van der Waals surface area (Å²) in [6, 6.07) is 0.342. The van der Waals surface area contributed by atoms with Crippen molar-refractivity contribution < 1.29 is 47.5 Å². The number of cyclic esters (lactones) is 1. The molecule has 53 heavy (non-hydrogen) atoms. The molecule has 5 rings (SSSR count). The molecule has 0 bridgehead atoms.